The highest BCUT2D eigenvalue weighted by atomic mass is 15.2. The quantitative estimate of drug-likeness (QED) is 0.928. The summed E-state index contributed by atoms with van der Waals surface area (Å²) in [5.74, 6) is 1.66. The highest BCUT2D eigenvalue weighted by molar-refractivity contribution is 5.62. The van der Waals surface area contributed by atoms with E-state index >= 15 is 0 Å². The average molecular weight is 270 g/mol. The van der Waals surface area contributed by atoms with Crippen LogP contribution in [-0.2, 0) is 7.05 Å². The molecule has 1 fully saturated rings. The summed E-state index contributed by atoms with van der Waals surface area (Å²) in [6, 6.07) is 9.07. The second kappa shape index (κ2) is 5.65. The largest absolute Gasteiger partial charge is 0.382 e. The van der Waals surface area contributed by atoms with Crippen LogP contribution in [0.15, 0.2) is 30.6 Å². The molecule has 106 valence electrons. The van der Waals surface area contributed by atoms with Crippen molar-refractivity contribution in [2.75, 3.05) is 5.32 Å². The van der Waals surface area contributed by atoms with E-state index in [1.165, 1.54) is 31.4 Å². The molecule has 1 heterocycles. The highest BCUT2D eigenvalue weighted by Crippen LogP contribution is 2.28. The molecule has 0 bridgehead atoms. The first-order chi connectivity index (χ1) is 9.74. The Kier molecular flexibility index (Phi) is 3.72. The van der Waals surface area contributed by atoms with E-state index in [0.29, 0.717) is 6.04 Å². The molecule has 1 N–H and O–H groups in total. The van der Waals surface area contributed by atoms with Gasteiger partial charge < -0.3 is 9.88 Å². The van der Waals surface area contributed by atoms with Gasteiger partial charge in [-0.25, -0.2) is 0 Å². The van der Waals surface area contributed by atoms with Gasteiger partial charge in [0, 0.05) is 24.3 Å². The Labute approximate surface area is 120 Å². The lowest BCUT2D eigenvalue weighted by molar-refractivity contribution is 0.349. The van der Waals surface area contributed by atoms with Gasteiger partial charge in [0.05, 0.1) is 0 Å². The topological polar surface area (TPSA) is 42.7 Å². The maximum Gasteiger partial charge on any atom is 0.163 e. The van der Waals surface area contributed by atoms with Crippen LogP contribution in [0.5, 0.6) is 0 Å². The van der Waals surface area contributed by atoms with Gasteiger partial charge in [0.2, 0.25) is 0 Å². The van der Waals surface area contributed by atoms with Crippen molar-refractivity contribution >= 4 is 5.69 Å². The number of aryl methyl sites for hydroxylation is 1. The van der Waals surface area contributed by atoms with Crippen molar-refractivity contribution < 1.29 is 0 Å². The Morgan fingerprint density at radius 2 is 2.10 bits per heavy atom. The molecule has 1 aromatic carbocycles. The summed E-state index contributed by atoms with van der Waals surface area (Å²) >= 11 is 0. The lowest BCUT2D eigenvalue weighted by Gasteiger charge is -2.30. The smallest absolute Gasteiger partial charge is 0.163 e. The zero-order valence-electron chi connectivity index (χ0n) is 12.2. The van der Waals surface area contributed by atoms with E-state index in [2.05, 4.69) is 46.7 Å². The molecule has 1 aliphatic rings. The number of rotatable bonds is 3. The van der Waals surface area contributed by atoms with E-state index in [9.17, 15) is 0 Å². The van der Waals surface area contributed by atoms with Gasteiger partial charge in [0.15, 0.2) is 5.82 Å². The summed E-state index contributed by atoms with van der Waals surface area (Å²) in [5, 5.41) is 11.8. The van der Waals surface area contributed by atoms with Gasteiger partial charge in [0.1, 0.15) is 6.33 Å². The second-order valence-electron chi connectivity index (χ2n) is 5.86. The maximum atomic E-state index is 4.17. The van der Waals surface area contributed by atoms with Crippen molar-refractivity contribution in [3.8, 4) is 11.4 Å². The van der Waals surface area contributed by atoms with Crippen molar-refractivity contribution in [2.24, 2.45) is 13.0 Å². The molecule has 2 atom stereocenters. The predicted molar refractivity (Wildman–Crippen MR) is 81.5 cm³/mol. The third-order valence-electron chi connectivity index (χ3n) is 4.30. The Bertz CT molecular complexity index is 575. The van der Waals surface area contributed by atoms with Crippen molar-refractivity contribution in [2.45, 2.75) is 38.6 Å². The molecule has 1 aromatic heterocycles. The molecule has 20 heavy (non-hydrogen) atoms. The van der Waals surface area contributed by atoms with Crippen LogP contribution in [0, 0.1) is 5.92 Å². The van der Waals surface area contributed by atoms with Gasteiger partial charge in [-0.3, -0.25) is 0 Å². The van der Waals surface area contributed by atoms with Gasteiger partial charge in [-0.2, -0.15) is 0 Å². The van der Waals surface area contributed by atoms with E-state index in [0.717, 1.165) is 17.3 Å². The molecular weight excluding hydrogens is 248 g/mol. The van der Waals surface area contributed by atoms with Crippen LogP contribution in [0.2, 0.25) is 0 Å². The summed E-state index contributed by atoms with van der Waals surface area (Å²) in [6.07, 6.45) is 7.05. The minimum Gasteiger partial charge on any atom is -0.382 e. The number of hydrogen-bond acceptors (Lipinski definition) is 3. The van der Waals surface area contributed by atoms with Crippen molar-refractivity contribution in [1.82, 2.24) is 14.8 Å². The first-order valence-corrected chi connectivity index (χ1v) is 7.45. The van der Waals surface area contributed by atoms with Crippen LogP contribution in [0.25, 0.3) is 11.4 Å². The predicted octanol–water partition coefficient (Wildman–Crippen LogP) is 3.47. The third-order valence-corrected chi connectivity index (χ3v) is 4.30. The number of benzene rings is 1. The van der Waals surface area contributed by atoms with Gasteiger partial charge in [-0.05, 0) is 30.9 Å². The zero-order valence-corrected chi connectivity index (χ0v) is 12.2. The van der Waals surface area contributed by atoms with Gasteiger partial charge >= 0.3 is 0 Å². The van der Waals surface area contributed by atoms with Crippen LogP contribution in [0.4, 0.5) is 5.69 Å². The molecule has 2 aromatic rings. The Morgan fingerprint density at radius 1 is 1.25 bits per heavy atom. The molecule has 1 saturated carbocycles. The molecule has 0 amide bonds. The van der Waals surface area contributed by atoms with Crippen LogP contribution in [0.1, 0.15) is 32.6 Å². The van der Waals surface area contributed by atoms with Gasteiger partial charge in [-0.15, -0.1) is 10.2 Å². The number of nitrogens with one attached hydrogen (secondary N) is 1. The first kappa shape index (κ1) is 13.2. The van der Waals surface area contributed by atoms with Crippen LogP contribution >= 0.6 is 0 Å². The van der Waals surface area contributed by atoms with E-state index in [1.54, 1.807) is 6.33 Å². The average Bonchev–Trinajstić information content (AvgIpc) is 2.88. The summed E-state index contributed by atoms with van der Waals surface area (Å²) in [5.41, 5.74) is 2.29. The summed E-state index contributed by atoms with van der Waals surface area (Å²) in [6.45, 7) is 2.35. The number of nitrogens with zero attached hydrogens (tertiary/aromatic N) is 3. The van der Waals surface area contributed by atoms with Crippen LogP contribution in [0.3, 0.4) is 0 Å². The molecule has 0 aliphatic heterocycles. The Hall–Kier alpha value is -1.84. The monoisotopic (exact) mass is 270 g/mol. The van der Waals surface area contributed by atoms with E-state index in [4.69, 9.17) is 0 Å². The van der Waals surface area contributed by atoms with Crippen molar-refractivity contribution in [3.63, 3.8) is 0 Å². The lowest BCUT2D eigenvalue weighted by atomic mass is 9.86. The molecule has 4 heteroatoms. The normalized spacial score (nSPS) is 22.7. The van der Waals surface area contributed by atoms with E-state index < -0.39 is 0 Å². The third kappa shape index (κ3) is 2.69. The number of anilines is 1. The summed E-state index contributed by atoms with van der Waals surface area (Å²) in [7, 11) is 1.97. The molecule has 1 aliphatic carbocycles. The molecule has 4 nitrogen and oxygen atoms in total. The lowest BCUT2D eigenvalue weighted by Crippen LogP contribution is -2.30. The molecule has 3 rings (SSSR count). The fourth-order valence-electron chi connectivity index (χ4n) is 3.04. The molecular formula is C16H22N4. The van der Waals surface area contributed by atoms with E-state index in [-0.39, 0.29) is 0 Å². The highest BCUT2D eigenvalue weighted by Gasteiger charge is 2.21. The summed E-state index contributed by atoms with van der Waals surface area (Å²) in [4.78, 5) is 0. The Morgan fingerprint density at radius 3 is 2.85 bits per heavy atom. The minimum absolute atomic E-state index is 0.596. The molecule has 2 unspecified atom stereocenters. The van der Waals surface area contributed by atoms with Gasteiger partial charge in [-0.1, -0.05) is 31.9 Å². The molecule has 0 saturated heterocycles. The number of hydrogen-bond donors (Lipinski definition) is 1. The maximum absolute atomic E-state index is 4.17. The number of aromatic nitrogens is 3. The standard InChI is InChI=1S/C16H22N4/c1-12-6-3-4-9-15(12)18-14-8-5-7-13(10-14)16-19-17-11-20(16)2/h5,7-8,10-12,15,18H,3-4,6,9H2,1-2H3. The van der Waals surface area contributed by atoms with Crippen LogP contribution in [-0.4, -0.2) is 20.8 Å². The first-order valence-electron chi connectivity index (χ1n) is 7.45. The van der Waals surface area contributed by atoms with Crippen molar-refractivity contribution in [1.29, 1.82) is 0 Å². The zero-order chi connectivity index (χ0) is 13.9. The minimum atomic E-state index is 0.596. The van der Waals surface area contributed by atoms with Gasteiger partial charge in [0.25, 0.3) is 0 Å². The second-order valence-corrected chi connectivity index (χ2v) is 5.86. The van der Waals surface area contributed by atoms with E-state index in [1.807, 2.05) is 11.6 Å². The SMILES string of the molecule is CC1CCCCC1Nc1cccc(-c2nncn2C)c1. The Balaban J connectivity index is 1.79. The molecule has 0 radical (unpaired) electrons. The fourth-order valence-corrected chi connectivity index (χ4v) is 3.04. The van der Waals surface area contributed by atoms with Crippen molar-refractivity contribution in [3.05, 3.63) is 30.6 Å². The molecule has 0 spiro atoms. The summed E-state index contributed by atoms with van der Waals surface area (Å²) < 4.78 is 1.95. The fraction of sp³-hybridized carbons (Fsp3) is 0.500. The van der Waals surface area contributed by atoms with Crippen LogP contribution < -0.4 is 5.32 Å².